The van der Waals surface area contributed by atoms with Gasteiger partial charge in [-0.3, -0.25) is 14.9 Å². The second-order valence-electron chi connectivity index (χ2n) is 6.98. The summed E-state index contributed by atoms with van der Waals surface area (Å²) in [4.78, 5) is 49.2. The van der Waals surface area contributed by atoms with Gasteiger partial charge in [0.2, 0.25) is 0 Å². The van der Waals surface area contributed by atoms with Gasteiger partial charge in [-0.2, -0.15) is 0 Å². The Labute approximate surface area is 169 Å². The second-order valence-corrected chi connectivity index (χ2v) is 6.98. The summed E-state index contributed by atoms with van der Waals surface area (Å²) in [5.74, 6) is -2.04. The fraction of sp³-hybridized carbons (Fsp3) is 0.550. The van der Waals surface area contributed by atoms with Crippen molar-refractivity contribution in [2.45, 2.75) is 58.1 Å². The van der Waals surface area contributed by atoms with Crippen LogP contribution in [0.1, 0.15) is 66.7 Å². The molecular formula is C20H26N2O7. The molecule has 9 heteroatoms. The maximum Gasteiger partial charge on any atom is 0.339 e. The van der Waals surface area contributed by atoms with Crippen molar-refractivity contribution in [3.8, 4) is 0 Å². The molecule has 0 bridgehead atoms. The van der Waals surface area contributed by atoms with Crippen molar-refractivity contribution in [3.63, 3.8) is 0 Å². The van der Waals surface area contributed by atoms with E-state index in [1.54, 1.807) is 4.90 Å². The first-order valence-electron chi connectivity index (χ1n) is 9.67. The zero-order valence-electron chi connectivity index (χ0n) is 16.9. The molecule has 29 heavy (non-hydrogen) atoms. The summed E-state index contributed by atoms with van der Waals surface area (Å²) in [5, 5.41) is 11.1. The standard InChI is InChI=1S/C20H26N2O7/c1-4-21(16-8-6-5-7-9-16)18(23)13(2)29-20(25)15-10-14(19(24)28-3)11-17(12-15)22(26)27/h10-13,16H,4-9H2,1-3H3/t13-/m1/s1. The first-order chi connectivity index (χ1) is 13.8. The number of likely N-dealkylation sites (N-methyl/N-ethyl adjacent to an activating group) is 1. The second kappa shape index (κ2) is 9.99. The number of non-ortho nitro benzene ring substituents is 1. The van der Waals surface area contributed by atoms with Crippen molar-refractivity contribution in [2.24, 2.45) is 0 Å². The number of nitro benzene ring substituents is 1. The highest BCUT2D eigenvalue weighted by molar-refractivity contribution is 5.97. The van der Waals surface area contributed by atoms with Crippen LogP contribution in [-0.2, 0) is 14.3 Å². The van der Waals surface area contributed by atoms with E-state index in [1.165, 1.54) is 6.92 Å². The van der Waals surface area contributed by atoms with E-state index in [1.807, 2.05) is 6.92 Å². The molecule has 0 N–H and O–H groups in total. The molecule has 0 saturated heterocycles. The molecule has 0 aromatic heterocycles. The predicted octanol–water partition coefficient (Wildman–Crippen LogP) is 3.11. The third-order valence-corrected chi connectivity index (χ3v) is 5.06. The Morgan fingerprint density at radius 2 is 1.72 bits per heavy atom. The van der Waals surface area contributed by atoms with E-state index in [0.717, 1.165) is 57.4 Å². The molecule has 1 aromatic carbocycles. The van der Waals surface area contributed by atoms with Crippen LogP contribution >= 0.6 is 0 Å². The first kappa shape index (κ1) is 22.3. The van der Waals surface area contributed by atoms with E-state index >= 15 is 0 Å². The highest BCUT2D eigenvalue weighted by Crippen LogP contribution is 2.24. The third-order valence-electron chi connectivity index (χ3n) is 5.06. The average Bonchev–Trinajstić information content (AvgIpc) is 2.73. The zero-order chi connectivity index (χ0) is 21.6. The lowest BCUT2D eigenvalue weighted by molar-refractivity contribution is -0.384. The Balaban J connectivity index is 2.17. The molecule has 1 saturated carbocycles. The van der Waals surface area contributed by atoms with Gasteiger partial charge in [0.1, 0.15) is 0 Å². The molecule has 1 atom stereocenters. The molecule has 158 valence electrons. The van der Waals surface area contributed by atoms with Crippen molar-refractivity contribution in [1.82, 2.24) is 4.90 Å². The monoisotopic (exact) mass is 406 g/mol. The molecule has 0 heterocycles. The molecule has 0 spiro atoms. The number of nitrogens with zero attached hydrogens (tertiary/aromatic N) is 2. The zero-order valence-corrected chi connectivity index (χ0v) is 16.9. The van der Waals surface area contributed by atoms with Crippen LogP contribution in [-0.4, -0.2) is 53.5 Å². The van der Waals surface area contributed by atoms with Gasteiger partial charge in [-0.1, -0.05) is 19.3 Å². The van der Waals surface area contributed by atoms with Gasteiger partial charge in [0.25, 0.3) is 11.6 Å². The van der Waals surface area contributed by atoms with E-state index in [2.05, 4.69) is 4.74 Å². The number of carbonyl (C=O) groups is 3. The lowest BCUT2D eigenvalue weighted by atomic mass is 9.94. The largest absolute Gasteiger partial charge is 0.465 e. The van der Waals surface area contributed by atoms with Crippen LogP contribution in [0.2, 0.25) is 0 Å². The number of hydrogen-bond acceptors (Lipinski definition) is 7. The van der Waals surface area contributed by atoms with Crippen molar-refractivity contribution >= 4 is 23.5 Å². The van der Waals surface area contributed by atoms with Gasteiger partial charge in [0, 0.05) is 24.7 Å². The molecule has 1 aliphatic rings. The third kappa shape index (κ3) is 5.52. The van der Waals surface area contributed by atoms with Gasteiger partial charge in [-0.05, 0) is 32.8 Å². The summed E-state index contributed by atoms with van der Waals surface area (Å²) in [6, 6.07) is 3.30. The van der Waals surface area contributed by atoms with Crippen LogP contribution in [0.3, 0.4) is 0 Å². The maximum atomic E-state index is 12.8. The minimum absolute atomic E-state index is 0.131. The molecule has 0 aliphatic heterocycles. The summed E-state index contributed by atoms with van der Waals surface area (Å²) in [6.07, 6.45) is 4.08. The van der Waals surface area contributed by atoms with Gasteiger partial charge < -0.3 is 14.4 Å². The van der Waals surface area contributed by atoms with Crippen LogP contribution in [0.25, 0.3) is 0 Å². The number of ether oxygens (including phenoxy) is 2. The number of carbonyl (C=O) groups excluding carboxylic acids is 3. The highest BCUT2D eigenvalue weighted by Gasteiger charge is 2.30. The minimum atomic E-state index is -1.05. The molecule has 1 aliphatic carbocycles. The molecular weight excluding hydrogens is 380 g/mol. The van der Waals surface area contributed by atoms with Crippen LogP contribution < -0.4 is 0 Å². The molecule has 2 rings (SSSR count). The summed E-state index contributed by atoms with van der Waals surface area (Å²) in [5.41, 5.74) is -0.791. The Morgan fingerprint density at radius 3 is 2.24 bits per heavy atom. The van der Waals surface area contributed by atoms with Crippen LogP contribution in [0.5, 0.6) is 0 Å². The normalized spacial score (nSPS) is 15.3. The van der Waals surface area contributed by atoms with Crippen molar-refractivity contribution in [3.05, 3.63) is 39.4 Å². The maximum absolute atomic E-state index is 12.8. The molecule has 9 nitrogen and oxygen atoms in total. The molecule has 1 amide bonds. The molecule has 1 fully saturated rings. The Kier molecular flexibility index (Phi) is 7.69. The minimum Gasteiger partial charge on any atom is -0.465 e. The van der Waals surface area contributed by atoms with Gasteiger partial charge in [0.15, 0.2) is 6.10 Å². The SMILES string of the molecule is CCN(C(=O)[C@@H](C)OC(=O)c1cc(C(=O)OC)cc([N+](=O)[O-])c1)C1CCCCC1. The van der Waals surface area contributed by atoms with Crippen molar-refractivity contribution in [1.29, 1.82) is 0 Å². The van der Waals surface area contributed by atoms with E-state index in [4.69, 9.17) is 4.74 Å². The first-order valence-corrected chi connectivity index (χ1v) is 9.67. The van der Waals surface area contributed by atoms with E-state index in [9.17, 15) is 24.5 Å². The molecule has 0 unspecified atom stereocenters. The number of amides is 1. The van der Waals surface area contributed by atoms with E-state index < -0.39 is 28.7 Å². The molecule has 1 aromatic rings. The van der Waals surface area contributed by atoms with E-state index in [-0.39, 0.29) is 23.1 Å². The van der Waals surface area contributed by atoms with E-state index in [0.29, 0.717) is 6.54 Å². The van der Waals surface area contributed by atoms with Crippen LogP contribution in [0.15, 0.2) is 18.2 Å². The summed E-state index contributed by atoms with van der Waals surface area (Å²) in [6.45, 7) is 3.86. The Bertz CT molecular complexity index is 787. The number of rotatable bonds is 7. The smallest absolute Gasteiger partial charge is 0.339 e. The van der Waals surface area contributed by atoms with Gasteiger partial charge in [-0.15, -0.1) is 0 Å². The number of methoxy groups -OCH3 is 1. The fourth-order valence-electron chi connectivity index (χ4n) is 3.57. The van der Waals surface area contributed by atoms with Crippen LogP contribution in [0, 0.1) is 10.1 Å². The lowest BCUT2D eigenvalue weighted by Gasteiger charge is -2.35. The number of esters is 2. The summed E-state index contributed by atoms with van der Waals surface area (Å²) in [7, 11) is 1.13. The molecule has 0 radical (unpaired) electrons. The lowest BCUT2D eigenvalue weighted by Crippen LogP contribution is -2.46. The predicted molar refractivity (Wildman–Crippen MR) is 104 cm³/mol. The van der Waals surface area contributed by atoms with Crippen molar-refractivity contribution in [2.75, 3.05) is 13.7 Å². The van der Waals surface area contributed by atoms with Crippen molar-refractivity contribution < 1.29 is 28.8 Å². The quantitative estimate of drug-likeness (QED) is 0.388. The van der Waals surface area contributed by atoms with Gasteiger partial charge in [0.05, 0.1) is 23.2 Å². The Morgan fingerprint density at radius 1 is 1.14 bits per heavy atom. The Hall–Kier alpha value is -2.97. The van der Waals surface area contributed by atoms with Crippen LogP contribution in [0.4, 0.5) is 5.69 Å². The number of nitro groups is 1. The number of benzene rings is 1. The highest BCUT2D eigenvalue weighted by atomic mass is 16.6. The average molecular weight is 406 g/mol. The summed E-state index contributed by atoms with van der Waals surface area (Å²) < 4.78 is 9.83. The van der Waals surface area contributed by atoms with Gasteiger partial charge >= 0.3 is 11.9 Å². The van der Waals surface area contributed by atoms with Gasteiger partial charge in [-0.25, -0.2) is 9.59 Å². The summed E-state index contributed by atoms with van der Waals surface area (Å²) >= 11 is 0. The fourth-order valence-corrected chi connectivity index (χ4v) is 3.57. The number of hydrogen-bond donors (Lipinski definition) is 0. The topological polar surface area (TPSA) is 116 Å².